The van der Waals surface area contributed by atoms with Gasteiger partial charge in [0.05, 0.1) is 13.2 Å². The minimum atomic E-state index is -0.668. The molecule has 0 saturated carbocycles. The molecule has 0 bridgehead atoms. The largest absolute Gasteiger partial charge is 0.358 e. The van der Waals surface area contributed by atoms with Crippen molar-refractivity contribution < 1.29 is 18.9 Å². The molecule has 0 radical (unpaired) electrons. The fourth-order valence-electron chi connectivity index (χ4n) is 2.23. The van der Waals surface area contributed by atoms with E-state index in [1.54, 1.807) is 0 Å². The molecule has 4 heteroatoms. The molecule has 0 N–H and O–H groups in total. The summed E-state index contributed by atoms with van der Waals surface area (Å²) in [6.07, 6.45) is 5.50. The third-order valence-electron chi connectivity index (χ3n) is 4.10. The van der Waals surface area contributed by atoms with Gasteiger partial charge in [-0.3, -0.25) is 0 Å². The van der Waals surface area contributed by atoms with Gasteiger partial charge in [-0.15, -0.1) is 6.42 Å². The molecule has 0 amide bonds. The Balaban J connectivity index is 1.59. The number of rotatable bonds is 3. The Kier molecular flexibility index (Phi) is 1.84. The van der Waals surface area contributed by atoms with Crippen LogP contribution in [0.3, 0.4) is 0 Å². The number of epoxide rings is 2. The Morgan fingerprint density at radius 3 is 2.56 bits per heavy atom. The Morgan fingerprint density at radius 2 is 2.12 bits per heavy atom. The number of hydrogen-bond acceptors (Lipinski definition) is 4. The van der Waals surface area contributed by atoms with E-state index in [0.717, 1.165) is 0 Å². The summed E-state index contributed by atoms with van der Waals surface area (Å²) in [5, 5.41) is 0. The van der Waals surface area contributed by atoms with Crippen LogP contribution in [0.2, 0.25) is 0 Å². The molecule has 0 aromatic heterocycles. The molecular weight excluding hydrogens is 208 g/mol. The van der Waals surface area contributed by atoms with Crippen molar-refractivity contribution in [2.45, 2.75) is 50.0 Å². The molecule has 0 aromatic carbocycles. The van der Waals surface area contributed by atoms with Gasteiger partial charge in [0.1, 0.15) is 17.8 Å². The standard InChI is InChI=1S/C12H16O4/c1-5-10(2)8(15-10)6-13-12(4)11(3)9(16-11)7-14-12/h1,8-9H,6-7H2,2-4H3. The van der Waals surface area contributed by atoms with E-state index in [9.17, 15) is 0 Å². The van der Waals surface area contributed by atoms with E-state index >= 15 is 0 Å². The summed E-state index contributed by atoms with van der Waals surface area (Å²) in [5.41, 5.74) is -0.756. The van der Waals surface area contributed by atoms with Crippen molar-refractivity contribution in [3.8, 4) is 12.3 Å². The third-order valence-corrected chi connectivity index (χ3v) is 4.10. The van der Waals surface area contributed by atoms with Crippen LogP contribution >= 0.6 is 0 Å². The second-order valence-electron chi connectivity index (χ2n) is 5.14. The zero-order valence-electron chi connectivity index (χ0n) is 9.78. The monoisotopic (exact) mass is 224 g/mol. The number of terminal acetylenes is 1. The van der Waals surface area contributed by atoms with E-state index < -0.39 is 11.4 Å². The van der Waals surface area contributed by atoms with Gasteiger partial charge in [-0.25, -0.2) is 0 Å². The van der Waals surface area contributed by atoms with Crippen molar-refractivity contribution in [2.24, 2.45) is 0 Å². The zero-order chi connectivity index (χ0) is 11.6. The molecule has 3 aliphatic rings. The maximum atomic E-state index is 5.80. The number of ether oxygens (including phenoxy) is 4. The Morgan fingerprint density at radius 1 is 1.38 bits per heavy atom. The van der Waals surface area contributed by atoms with Crippen molar-refractivity contribution in [2.75, 3.05) is 13.2 Å². The molecule has 3 saturated heterocycles. The first-order valence-electron chi connectivity index (χ1n) is 5.55. The van der Waals surface area contributed by atoms with Gasteiger partial charge in [-0.2, -0.15) is 0 Å². The van der Waals surface area contributed by atoms with Gasteiger partial charge in [0, 0.05) is 0 Å². The number of hydrogen-bond donors (Lipinski definition) is 0. The van der Waals surface area contributed by atoms with Gasteiger partial charge in [-0.05, 0) is 20.8 Å². The maximum Gasteiger partial charge on any atom is 0.197 e. The highest BCUT2D eigenvalue weighted by molar-refractivity contribution is 5.20. The predicted octanol–water partition coefficient (Wildman–Crippen LogP) is 0.698. The summed E-state index contributed by atoms with van der Waals surface area (Å²) in [4.78, 5) is 0. The molecule has 16 heavy (non-hydrogen) atoms. The molecule has 3 heterocycles. The summed E-state index contributed by atoms with van der Waals surface area (Å²) in [6, 6.07) is 0. The van der Waals surface area contributed by atoms with Crippen LogP contribution in [0.1, 0.15) is 20.8 Å². The summed E-state index contributed by atoms with van der Waals surface area (Å²) in [6.45, 7) is 6.86. The highest BCUT2D eigenvalue weighted by atomic mass is 16.8. The average molecular weight is 224 g/mol. The first-order chi connectivity index (χ1) is 7.44. The molecule has 5 atom stereocenters. The van der Waals surface area contributed by atoms with Gasteiger partial charge in [0.2, 0.25) is 0 Å². The summed E-state index contributed by atoms with van der Waals surface area (Å²) in [5.74, 6) is 1.94. The topological polar surface area (TPSA) is 43.5 Å². The maximum absolute atomic E-state index is 5.80. The molecule has 5 unspecified atom stereocenters. The van der Waals surface area contributed by atoms with Crippen molar-refractivity contribution in [3.63, 3.8) is 0 Å². The highest BCUT2D eigenvalue weighted by Crippen LogP contribution is 2.53. The lowest BCUT2D eigenvalue weighted by atomic mass is 10.0. The van der Waals surface area contributed by atoms with Gasteiger partial charge in [0.15, 0.2) is 11.4 Å². The minimum absolute atomic E-state index is 0.0284. The van der Waals surface area contributed by atoms with Gasteiger partial charge in [-0.1, -0.05) is 5.92 Å². The van der Waals surface area contributed by atoms with E-state index in [1.807, 2.05) is 20.8 Å². The Bertz CT molecular complexity index is 374. The first kappa shape index (κ1) is 10.5. The quantitative estimate of drug-likeness (QED) is 0.523. The average Bonchev–Trinajstić information content (AvgIpc) is 3.09. The van der Waals surface area contributed by atoms with Crippen molar-refractivity contribution in [1.29, 1.82) is 0 Å². The van der Waals surface area contributed by atoms with Crippen LogP contribution in [0.15, 0.2) is 0 Å². The van der Waals surface area contributed by atoms with Gasteiger partial charge >= 0.3 is 0 Å². The van der Waals surface area contributed by atoms with E-state index in [2.05, 4.69) is 5.92 Å². The van der Waals surface area contributed by atoms with Crippen LogP contribution in [0.4, 0.5) is 0 Å². The second-order valence-corrected chi connectivity index (χ2v) is 5.14. The summed E-state index contributed by atoms with van der Waals surface area (Å²) < 4.78 is 22.4. The van der Waals surface area contributed by atoms with Crippen molar-refractivity contribution >= 4 is 0 Å². The SMILES string of the molecule is C#CC1(C)OC1COC1(C)OCC2OC21C. The molecular formula is C12H16O4. The highest BCUT2D eigenvalue weighted by Gasteiger charge is 2.71. The lowest BCUT2D eigenvalue weighted by Crippen LogP contribution is -2.43. The molecule has 0 spiro atoms. The molecule has 3 rings (SSSR count). The first-order valence-corrected chi connectivity index (χ1v) is 5.55. The van der Waals surface area contributed by atoms with Crippen LogP contribution in [0.5, 0.6) is 0 Å². The van der Waals surface area contributed by atoms with Crippen molar-refractivity contribution in [3.05, 3.63) is 0 Å². The molecule has 88 valence electrons. The van der Waals surface area contributed by atoms with Crippen LogP contribution in [-0.4, -0.2) is 42.4 Å². The lowest BCUT2D eigenvalue weighted by Gasteiger charge is -2.29. The normalized spacial score (nSPS) is 57.9. The summed E-state index contributed by atoms with van der Waals surface area (Å²) in [7, 11) is 0. The third kappa shape index (κ3) is 1.20. The van der Waals surface area contributed by atoms with Crippen LogP contribution in [0.25, 0.3) is 0 Å². The smallest absolute Gasteiger partial charge is 0.197 e. The lowest BCUT2D eigenvalue weighted by molar-refractivity contribution is -0.249. The number of fused-ring (bicyclic) bond motifs is 1. The molecule has 0 aromatic rings. The zero-order valence-corrected chi connectivity index (χ0v) is 9.78. The van der Waals surface area contributed by atoms with E-state index in [4.69, 9.17) is 25.4 Å². The summed E-state index contributed by atoms with van der Waals surface area (Å²) >= 11 is 0. The fraction of sp³-hybridized carbons (Fsp3) is 0.833. The van der Waals surface area contributed by atoms with Gasteiger partial charge in [0.25, 0.3) is 0 Å². The Hall–Kier alpha value is -0.600. The minimum Gasteiger partial charge on any atom is -0.358 e. The second kappa shape index (κ2) is 2.80. The van der Waals surface area contributed by atoms with Crippen molar-refractivity contribution in [1.82, 2.24) is 0 Å². The fourth-order valence-corrected chi connectivity index (χ4v) is 2.23. The Labute approximate surface area is 95.2 Å². The molecule has 4 nitrogen and oxygen atoms in total. The van der Waals surface area contributed by atoms with Crippen LogP contribution < -0.4 is 0 Å². The van der Waals surface area contributed by atoms with E-state index in [1.165, 1.54) is 0 Å². The molecule has 0 aliphatic carbocycles. The van der Waals surface area contributed by atoms with E-state index in [0.29, 0.717) is 13.2 Å². The van der Waals surface area contributed by atoms with Crippen LogP contribution in [-0.2, 0) is 18.9 Å². The molecule has 3 fully saturated rings. The van der Waals surface area contributed by atoms with E-state index in [-0.39, 0.29) is 17.8 Å². The predicted molar refractivity (Wildman–Crippen MR) is 55.7 cm³/mol. The van der Waals surface area contributed by atoms with Gasteiger partial charge < -0.3 is 18.9 Å². The van der Waals surface area contributed by atoms with Crippen LogP contribution in [0, 0.1) is 12.3 Å². The molecule has 3 aliphatic heterocycles.